The van der Waals surface area contributed by atoms with Gasteiger partial charge in [-0.1, -0.05) is 102 Å². The van der Waals surface area contributed by atoms with E-state index in [-0.39, 0.29) is 17.4 Å². The van der Waals surface area contributed by atoms with Gasteiger partial charge in [-0.25, -0.2) is 0 Å². The van der Waals surface area contributed by atoms with Gasteiger partial charge in [0.25, 0.3) is 8.32 Å². The van der Waals surface area contributed by atoms with Crippen LogP contribution in [-0.4, -0.2) is 53.1 Å². The van der Waals surface area contributed by atoms with E-state index < -0.39 is 34.1 Å². The molecule has 210 valence electrons. The van der Waals surface area contributed by atoms with E-state index in [4.69, 9.17) is 18.3 Å². The first-order valence-electron chi connectivity index (χ1n) is 14.1. The lowest BCUT2D eigenvalue weighted by molar-refractivity contribution is -0.167. The topological polar surface area (TPSA) is 54.0 Å². The molecular formula is C31H48O5Si2. The lowest BCUT2D eigenvalue weighted by Gasteiger charge is -2.43. The molecule has 2 atom stereocenters. The van der Waals surface area contributed by atoms with Crippen molar-refractivity contribution >= 4 is 32.8 Å². The molecule has 0 aliphatic carbocycles. The van der Waals surface area contributed by atoms with Gasteiger partial charge in [0, 0.05) is 0 Å². The summed E-state index contributed by atoms with van der Waals surface area (Å²) in [7, 11) is -4.73. The van der Waals surface area contributed by atoms with Gasteiger partial charge in [-0.15, -0.1) is 0 Å². The third-order valence-electron chi connectivity index (χ3n) is 8.17. The van der Waals surface area contributed by atoms with Gasteiger partial charge in [-0.05, 0) is 54.3 Å². The van der Waals surface area contributed by atoms with Crippen molar-refractivity contribution in [2.75, 3.05) is 13.2 Å². The molecule has 0 aromatic heterocycles. The Morgan fingerprint density at radius 2 is 1.32 bits per heavy atom. The van der Waals surface area contributed by atoms with Crippen molar-refractivity contribution in [3.05, 3.63) is 60.7 Å². The van der Waals surface area contributed by atoms with Gasteiger partial charge in [0.15, 0.2) is 26.0 Å². The molecule has 0 N–H and O–H groups in total. The number of hydrogen-bond acceptors (Lipinski definition) is 5. The third kappa shape index (κ3) is 6.24. The summed E-state index contributed by atoms with van der Waals surface area (Å²) in [6.07, 6.45) is -0.770. The predicted molar refractivity (Wildman–Crippen MR) is 160 cm³/mol. The molecule has 0 bridgehead atoms. The number of benzene rings is 2. The first-order valence-corrected chi connectivity index (χ1v) is 18.5. The van der Waals surface area contributed by atoms with E-state index in [2.05, 4.69) is 65.8 Å². The largest absolute Gasteiger partial charge is 0.414 e. The summed E-state index contributed by atoms with van der Waals surface area (Å²) in [6, 6.07) is 23.9. The summed E-state index contributed by atoms with van der Waals surface area (Å²) >= 11 is 0. The number of carbonyl (C=O) groups is 1. The second kappa shape index (κ2) is 11.9. The van der Waals surface area contributed by atoms with Crippen LogP contribution in [0.15, 0.2) is 60.7 Å². The van der Waals surface area contributed by atoms with E-state index in [1.807, 2.05) is 57.2 Å². The lowest BCUT2D eigenvalue weighted by Crippen LogP contribution is -2.67. The average molecular weight is 557 g/mol. The Hall–Kier alpha value is -1.62. The van der Waals surface area contributed by atoms with E-state index in [9.17, 15) is 4.79 Å². The van der Waals surface area contributed by atoms with E-state index in [0.29, 0.717) is 6.61 Å². The Balaban J connectivity index is 1.94. The monoisotopic (exact) mass is 556 g/mol. The smallest absolute Gasteiger partial charge is 0.261 e. The molecule has 2 aromatic rings. The van der Waals surface area contributed by atoms with Crippen molar-refractivity contribution in [3.63, 3.8) is 0 Å². The molecule has 0 saturated carbocycles. The van der Waals surface area contributed by atoms with Crippen molar-refractivity contribution < 1.29 is 23.1 Å². The summed E-state index contributed by atoms with van der Waals surface area (Å²) < 4.78 is 26.2. The van der Waals surface area contributed by atoms with Gasteiger partial charge in [-0.3, -0.25) is 4.79 Å². The van der Waals surface area contributed by atoms with Crippen LogP contribution < -0.4 is 10.4 Å². The fourth-order valence-electron chi connectivity index (χ4n) is 5.93. The Kier molecular flexibility index (Phi) is 9.65. The maximum absolute atomic E-state index is 14.0. The minimum absolute atomic E-state index is 0.0507. The maximum atomic E-state index is 14.0. The second-order valence-corrected chi connectivity index (χ2v) is 21.3. The number of hydrogen-bond donors (Lipinski definition) is 0. The zero-order chi connectivity index (χ0) is 28.2. The van der Waals surface area contributed by atoms with Crippen LogP contribution in [0.3, 0.4) is 0 Å². The molecule has 38 heavy (non-hydrogen) atoms. The van der Waals surface area contributed by atoms with Gasteiger partial charge in [-0.2, -0.15) is 0 Å². The number of ether oxygens (including phenoxy) is 2. The van der Waals surface area contributed by atoms with Crippen LogP contribution in [-0.2, 0) is 23.1 Å². The molecule has 0 unspecified atom stereocenters. The molecule has 1 aliphatic rings. The fraction of sp³-hybridized carbons (Fsp3) is 0.581. The highest BCUT2D eigenvalue weighted by Gasteiger charge is 2.56. The molecular weight excluding hydrogens is 509 g/mol. The van der Waals surface area contributed by atoms with Crippen LogP contribution in [0.5, 0.6) is 0 Å². The first-order chi connectivity index (χ1) is 17.8. The molecule has 1 fully saturated rings. The van der Waals surface area contributed by atoms with Crippen LogP contribution in [0.25, 0.3) is 0 Å². The van der Waals surface area contributed by atoms with Crippen LogP contribution >= 0.6 is 0 Å². The molecule has 1 heterocycles. The van der Waals surface area contributed by atoms with Gasteiger partial charge >= 0.3 is 0 Å². The molecule has 5 nitrogen and oxygen atoms in total. The first kappa shape index (κ1) is 30.9. The van der Waals surface area contributed by atoms with Gasteiger partial charge in [0.05, 0.1) is 13.2 Å². The van der Waals surface area contributed by atoms with Crippen LogP contribution in [0.1, 0.15) is 62.3 Å². The number of ketones is 1. The molecule has 0 spiro atoms. The van der Waals surface area contributed by atoms with E-state index in [1.54, 1.807) is 0 Å². The Morgan fingerprint density at radius 3 is 1.74 bits per heavy atom. The van der Waals surface area contributed by atoms with Crippen LogP contribution in [0.2, 0.25) is 23.2 Å². The van der Waals surface area contributed by atoms with Crippen LogP contribution in [0, 0.1) is 0 Å². The zero-order valence-corrected chi connectivity index (χ0v) is 26.9. The van der Waals surface area contributed by atoms with E-state index in [1.165, 1.54) is 0 Å². The number of carbonyl (C=O) groups excluding carboxylic acids is 1. The Labute approximate surface area is 232 Å². The summed E-state index contributed by atoms with van der Waals surface area (Å²) in [5.74, 6) is -0.989. The quantitative estimate of drug-likeness (QED) is 0.297. The second-order valence-electron chi connectivity index (χ2n) is 12.3. The molecule has 1 saturated heterocycles. The maximum Gasteiger partial charge on any atom is 0.261 e. The van der Waals surface area contributed by atoms with Crippen molar-refractivity contribution in [1.29, 1.82) is 0 Å². The minimum atomic E-state index is -2.85. The standard InChI is InChI=1S/C31H48O5Si2/c1-10-37(11-2,12-3)34-24-31(9)28(35-30(7,8)36-31)27(32)23-33-38(29(4,5)6,25-19-15-13-16-20-25)26-21-17-14-18-22-26/h13-22,28H,10-12,23-24H2,1-9H3/t28-,31+/m1/s1. The molecule has 1 aliphatic heterocycles. The normalized spacial score (nSPS) is 22.0. The summed E-state index contributed by atoms with van der Waals surface area (Å²) in [5.41, 5.74) is -0.882. The highest BCUT2D eigenvalue weighted by atomic mass is 28.4. The third-order valence-corrected chi connectivity index (χ3v) is 17.8. The average Bonchev–Trinajstić information content (AvgIpc) is 3.15. The molecule has 7 heteroatoms. The lowest BCUT2D eigenvalue weighted by atomic mass is 9.97. The molecule has 0 radical (unpaired) electrons. The highest BCUT2D eigenvalue weighted by molar-refractivity contribution is 6.99. The Bertz CT molecular complexity index is 999. The molecule has 0 amide bonds. The molecule has 3 rings (SSSR count). The van der Waals surface area contributed by atoms with Crippen molar-refractivity contribution in [2.24, 2.45) is 0 Å². The minimum Gasteiger partial charge on any atom is -0.414 e. The SMILES string of the molecule is CC[Si](CC)(CC)OC[C@]1(C)OC(C)(C)O[C@@H]1C(=O)CO[Si](c1ccccc1)(c1ccccc1)C(C)(C)C. The molecule has 2 aromatic carbocycles. The summed E-state index contributed by atoms with van der Waals surface area (Å²) in [6.45, 7) is 19.2. The van der Waals surface area contributed by atoms with Gasteiger partial charge in [0.2, 0.25) is 0 Å². The van der Waals surface area contributed by atoms with Gasteiger partial charge < -0.3 is 18.3 Å². The summed E-state index contributed by atoms with van der Waals surface area (Å²) in [4.78, 5) is 14.0. The van der Waals surface area contributed by atoms with Crippen molar-refractivity contribution in [3.8, 4) is 0 Å². The highest BCUT2D eigenvalue weighted by Crippen LogP contribution is 2.40. The Morgan fingerprint density at radius 1 is 0.842 bits per heavy atom. The zero-order valence-electron chi connectivity index (χ0n) is 24.9. The number of Topliss-reactive ketones (excluding diaryl/α,β-unsaturated/α-hetero) is 1. The van der Waals surface area contributed by atoms with Crippen molar-refractivity contribution in [2.45, 2.75) is 103 Å². The van der Waals surface area contributed by atoms with E-state index in [0.717, 1.165) is 28.5 Å². The van der Waals surface area contributed by atoms with Gasteiger partial charge in [0.1, 0.15) is 5.60 Å². The summed E-state index contributed by atoms with van der Waals surface area (Å²) in [5, 5.41) is 2.07. The van der Waals surface area contributed by atoms with E-state index >= 15 is 0 Å². The van der Waals surface area contributed by atoms with Crippen molar-refractivity contribution in [1.82, 2.24) is 0 Å². The fourth-order valence-corrected chi connectivity index (χ4v) is 13.1. The predicted octanol–water partition coefficient (Wildman–Crippen LogP) is 6.06. The number of rotatable bonds is 12. The van der Waals surface area contributed by atoms with Crippen LogP contribution in [0.4, 0.5) is 0 Å².